The largest absolute Gasteiger partial charge is 0.339 e. The van der Waals surface area contributed by atoms with Gasteiger partial charge in [0.05, 0.1) is 11.6 Å². The zero-order valence-corrected chi connectivity index (χ0v) is 11.3. The Morgan fingerprint density at radius 1 is 1.26 bits per heavy atom. The molecule has 0 spiro atoms. The Morgan fingerprint density at radius 2 is 2.11 bits per heavy atom. The highest BCUT2D eigenvalue weighted by Crippen LogP contribution is 2.24. The van der Waals surface area contributed by atoms with Gasteiger partial charge < -0.3 is 5.32 Å². The van der Waals surface area contributed by atoms with Crippen molar-refractivity contribution in [2.45, 2.75) is 6.92 Å². The van der Waals surface area contributed by atoms with Gasteiger partial charge in [-0.25, -0.2) is 0 Å². The second-order valence-corrected chi connectivity index (χ2v) is 4.68. The Bertz CT molecular complexity index is 750. The first-order chi connectivity index (χ1) is 9.13. The highest BCUT2D eigenvalue weighted by atomic mass is 35.5. The van der Waals surface area contributed by atoms with Crippen molar-refractivity contribution in [3.05, 3.63) is 41.3 Å². The van der Waals surface area contributed by atoms with Crippen LogP contribution in [0.1, 0.15) is 5.56 Å². The summed E-state index contributed by atoms with van der Waals surface area (Å²) in [4.78, 5) is 8.40. The Balaban J connectivity index is 2.10. The van der Waals surface area contributed by atoms with E-state index in [2.05, 4.69) is 20.4 Å². The number of rotatable bonds is 2. The first kappa shape index (κ1) is 11.9. The summed E-state index contributed by atoms with van der Waals surface area (Å²) in [6, 6.07) is 8.04. The van der Waals surface area contributed by atoms with Crippen molar-refractivity contribution in [3.63, 3.8) is 0 Å². The van der Waals surface area contributed by atoms with Crippen LogP contribution in [0.15, 0.2) is 30.5 Å². The lowest BCUT2D eigenvalue weighted by molar-refractivity contribution is 0.785. The third-order valence-electron chi connectivity index (χ3n) is 2.85. The standard InChI is InChI=1S/C13H12ClN5/c1-8-4-3-5-9(6-8)16-11-10-7-15-19(2)12(10)18-13(14)17-11/h3-7H,1-2H3,(H,16,17,18). The van der Waals surface area contributed by atoms with Gasteiger partial charge in [-0.15, -0.1) is 0 Å². The molecule has 96 valence electrons. The van der Waals surface area contributed by atoms with Crippen molar-refractivity contribution in [1.29, 1.82) is 0 Å². The zero-order chi connectivity index (χ0) is 13.4. The van der Waals surface area contributed by atoms with Gasteiger partial charge in [-0.05, 0) is 36.2 Å². The number of hydrogen-bond acceptors (Lipinski definition) is 4. The number of anilines is 2. The summed E-state index contributed by atoms with van der Waals surface area (Å²) >= 11 is 5.95. The highest BCUT2D eigenvalue weighted by molar-refractivity contribution is 6.28. The first-order valence-electron chi connectivity index (χ1n) is 5.82. The van der Waals surface area contributed by atoms with Crippen LogP contribution in [-0.4, -0.2) is 19.7 Å². The molecule has 3 aromatic rings. The van der Waals surface area contributed by atoms with Crippen LogP contribution in [0.4, 0.5) is 11.5 Å². The Labute approximate surface area is 115 Å². The molecule has 6 heteroatoms. The second-order valence-electron chi connectivity index (χ2n) is 4.34. The minimum Gasteiger partial charge on any atom is -0.339 e. The lowest BCUT2D eigenvalue weighted by Gasteiger charge is -2.07. The number of aromatic nitrogens is 4. The Hall–Kier alpha value is -2.14. The van der Waals surface area contributed by atoms with Gasteiger partial charge in [0.15, 0.2) is 5.65 Å². The van der Waals surface area contributed by atoms with Crippen molar-refractivity contribution in [1.82, 2.24) is 19.7 Å². The number of nitrogens with one attached hydrogen (secondary N) is 1. The van der Waals surface area contributed by atoms with E-state index in [1.165, 1.54) is 5.56 Å². The monoisotopic (exact) mass is 273 g/mol. The van der Waals surface area contributed by atoms with Gasteiger partial charge in [-0.3, -0.25) is 4.68 Å². The lowest BCUT2D eigenvalue weighted by Crippen LogP contribution is -1.98. The summed E-state index contributed by atoms with van der Waals surface area (Å²) in [5.41, 5.74) is 2.84. The summed E-state index contributed by atoms with van der Waals surface area (Å²) in [6.07, 6.45) is 1.73. The number of benzene rings is 1. The Kier molecular flexibility index (Phi) is 2.83. The molecule has 0 atom stereocenters. The molecule has 0 saturated carbocycles. The summed E-state index contributed by atoms with van der Waals surface area (Å²) < 4.78 is 1.67. The summed E-state index contributed by atoms with van der Waals surface area (Å²) in [5.74, 6) is 0.661. The SMILES string of the molecule is Cc1cccc(Nc2nc(Cl)nc3c2cnn3C)c1. The van der Waals surface area contributed by atoms with Crippen LogP contribution in [-0.2, 0) is 7.05 Å². The molecular weight excluding hydrogens is 262 g/mol. The predicted molar refractivity (Wildman–Crippen MR) is 75.8 cm³/mol. The minimum atomic E-state index is 0.200. The van der Waals surface area contributed by atoms with E-state index in [1.807, 2.05) is 38.2 Å². The van der Waals surface area contributed by atoms with E-state index in [0.29, 0.717) is 11.5 Å². The molecule has 3 rings (SSSR count). The quantitative estimate of drug-likeness (QED) is 0.729. The van der Waals surface area contributed by atoms with Gasteiger partial charge in [0, 0.05) is 12.7 Å². The minimum absolute atomic E-state index is 0.200. The molecular formula is C13H12ClN5. The fourth-order valence-electron chi connectivity index (χ4n) is 1.95. The van der Waals surface area contributed by atoms with Gasteiger partial charge in [0.2, 0.25) is 5.28 Å². The van der Waals surface area contributed by atoms with Crippen LogP contribution < -0.4 is 5.32 Å². The van der Waals surface area contributed by atoms with E-state index in [1.54, 1.807) is 10.9 Å². The molecule has 1 aromatic carbocycles. The number of aryl methyl sites for hydroxylation is 2. The van der Waals surface area contributed by atoms with E-state index in [-0.39, 0.29) is 5.28 Å². The van der Waals surface area contributed by atoms with E-state index in [4.69, 9.17) is 11.6 Å². The molecule has 0 bridgehead atoms. The van der Waals surface area contributed by atoms with Crippen molar-refractivity contribution in [2.75, 3.05) is 5.32 Å². The van der Waals surface area contributed by atoms with E-state index in [9.17, 15) is 0 Å². The molecule has 0 aliphatic rings. The van der Waals surface area contributed by atoms with Gasteiger partial charge in [0.1, 0.15) is 5.82 Å². The van der Waals surface area contributed by atoms with Crippen LogP contribution in [0.3, 0.4) is 0 Å². The van der Waals surface area contributed by atoms with Crippen molar-refractivity contribution >= 4 is 34.1 Å². The molecule has 0 saturated heterocycles. The third-order valence-corrected chi connectivity index (χ3v) is 3.01. The normalized spacial score (nSPS) is 10.9. The Morgan fingerprint density at radius 3 is 2.89 bits per heavy atom. The van der Waals surface area contributed by atoms with Gasteiger partial charge >= 0.3 is 0 Å². The molecule has 1 N–H and O–H groups in total. The summed E-state index contributed by atoms with van der Waals surface area (Å²) in [5, 5.41) is 8.47. The van der Waals surface area contributed by atoms with Crippen LogP contribution in [0.2, 0.25) is 5.28 Å². The lowest BCUT2D eigenvalue weighted by atomic mass is 10.2. The maximum absolute atomic E-state index is 5.95. The third kappa shape index (κ3) is 2.24. The van der Waals surface area contributed by atoms with E-state index >= 15 is 0 Å². The number of fused-ring (bicyclic) bond motifs is 1. The first-order valence-corrected chi connectivity index (χ1v) is 6.20. The molecule has 2 heterocycles. The van der Waals surface area contributed by atoms with Crippen LogP contribution >= 0.6 is 11.6 Å². The highest BCUT2D eigenvalue weighted by Gasteiger charge is 2.10. The molecule has 5 nitrogen and oxygen atoms in total. The van der Waals surface area contributed by atoms with Crippen molar-refractivity contribution in [3.8, 4) is 0 Å². The fraction of sp³-hybridized carbons (Fsp3) is 0.154. The summed E-state index contributed by atoms with van der Waals surface area (Å²) in [6.45, 7) is 2.04. The topological polar surface area (TPSA) is 55.6 Å². The molecule has 0 radical (unpaired) electrons. The van der Waals surface area contributed by atoms with Crippen LogP contribution in [0.5, 0.6) is 0 Å². The fourth-order valence-corrected chi connectivity index (χ4v) is 2.11. The zero-order valence-electron chi connectivity index (χ0n) is 10.6. The number of nitrogens with zero attached hydrogens (tertiary/aromatic N) is 4. The smallest absolute Gasteiger partial charge is 0.226 e. The maximum Gasteiger partial charge on any atom is 0.226 e. The van der Waals surface area contributed by atoms with Crippen LogP contribution in [0, 0.1) is 6.92 Å². The van der Waals surface area contributed by atoms with Crippen LogP contribution in [0.25, 0.3) is 11.0 Å². The molecule has 0 unspecified atom stereocenters. The number of hydrogen-bond donors (Lipinski definition) is 1. The van der Waals surface area contributed by atoms with Gasteiger partial charge in [0.25, 0.3) is 0 Å². The average Bonchev–Trinajstić information content (AvgIpc) is 2.71. The molecule has 0 amide bonds. The van der Waals surface area contributed by atoms with E-state index < -0.39 is 0 Å². The van der Waals surface area contributed by atoms with Gasteiger partial charge in [-0.2, -0.15) is 15.1 Å². The average molecular weight is 274 g/mol. The molecule has 2 aromatic heterocycles. The maximum atomic E-state index is 5.95. The second kappa shape index (κ2) is 4.51. The molecule has 0 aliphatic carbocycles. The van der Waals surface area contributed by atoms with Crippen molar-refractivity contribution in [2.24, 2.45) is 7.05 Å². The molecule has 19 heavy (non-hydrogen) atoms. The summed E-state index contributed by atoms with van der Waals surface area (Å²) in [7, 11) is 1.82. The number of halogens is 1. The van der Waals surface area contributed by atoms with Crippen molar-refractivity contribution < 1.29 is 0 Å². The van der Waals surface area contributed by atoms with Gasteiger partial charge in [-0.1, -0.05) is 12.1 Å². The molecule has 0 fully saturated rings. The van der Waals surface area contributed by atoms with E-state index in [0.717, 1.165) is 11.1 Å². The predicted octanol–water partition coefficient (Wildman–Crippen LogP) is 3.07. The molecule has 0 aliphatic heterocycles.